The Morgan fingerprint density at radius 2 is 2.27 bits per heavy atom. The van der Waals surface area contributed by atoms with Crippen LogP contribution < -0.4 is 5.11 Å². The molecule has 1 amide bonds. The van der Waals surface area contributed by atoms with Crippen LogP contribution in [0.25, 0.3) is 6.08 Å². The molecule has 22 heavy (non-hydrogen) atoms. The number of carbonyl (C=O) groups excluding carboxylic acids is 2. The molecule has 2 rings (SSSR count). The highest BCUT2D eigenvalue weighted by Gasteiger charge is 2.37. The maximum atomic E-state index is 12.5. The molecular weight excluding hydrogens is 358 g/mol. The van der Waals surface area contributed by atoms with Gasteiger partial charge in [-0.2, -0.15) is 11.8 Å². The fourth-order valence-corrected chi connectivity index (χ4v) is 4.69. The highest BCUT2D eigenvalue weighted by molar-refractivity contribution is 8.26. The second kappa shape index (κ2) is 7.63. The van der Waals surface area contributed by atoms with Crippen LogP contribution in [0.1, 0.15) is 16.2 Å². The van der Waals surface area contributed by atoms with Gasteiger partial charge in [-0.3, -0.25) is 9.69 Å². The van der Waals surface area contributed by atoms with Gasteiger partial charge < -0.3 is 9.90 Å². The molecule has 0 saturated carbocycles. The lowest BCUT2D eigenvalue weighted by atomic mass is 10.2. The van der Waals surface area contributed by atoms with Gasteiger partial charge in [0, 0.05) is 9.75 Å². The molecule has 2 heterocycles. The van der Waals surface area contributed by atoms with E-state index < -0.39 is 12.0 Å². The molecular formula is C14H14NO3S4-. The van der Waals surface area contributed by atoms with Crippen LogP contribution in [0.4, 0.5) is 0 Å². The monoisotopic (exact) mass is 372 g/mol. The molecule has 1 saturated heterocycles. The number of hydrogen-bond acceptors (Lipinski definition) is 7. The molecule has 0 aliphatic carbocycles. The first-order chi connectivity index (χ1) is 10.4. The Morgan fingerprint density at radius 3 is 2.82 bits per heavy atom. The Balaban J connectivity index is 2.23. The Hall–Kier alpha value is -0.830. The zero-order chi connectivity index (χ0) is 16.3. The molecule has 1 aromatic rings. The van der Waals surface area contributed by atoms with Crippen molar-refractivity contribution in [2.45, 2.75) is 19.4 Å². The van der Waals surface area contributed by atoms with Crippen molar-refractivity contribution in [1.82, 2.24) is 4.90 Å². The molecule has 0 unspecified atom stereocenters. The van der Waals surface area contributed by atoms with Crippen LogP contribution in [-0.4, -0.2) is 39.1 Å². The van der Waals surface area contributed by atoms with Crippen LogP contribution in [0.2, 0.25) is 0 Å². The van der Waals surface area contributed by atoms with Crippen molar-refractivity contribution in [2.24, 2.45) is 0 Å². The maximum absolute atomic E-state index is 12.5. The summed E-state index contributed by atoms with van der Waals surface area (Å²) < 4.78 is 0.278. The lowest BCUT2D eigenvalue weighted by molar-refractivity contribution is -0.310. The highest BCUT2D eigenvalue weighted by Crippen LogP contribution is 2.35. The summed E-state index contributed by atoms with van der Waals surface area (Å²) in [6, 6.07) is 2.90. The van der Waals surface area contributed by atoms with E-state index in [2.05, 4.69) is 0 Å². The molecule has 1 atom stereocenters. The predicted octanol–water partition coefficient (Wildman–Crippen LogP) is 2.13. The Bertz CT molecular complexity index is 638. The molecule has 0 spiro atoms. The van der Waals surface area contributed by atoms with Crippen LogP contribution in [0.3, 0.4) is 0 Å². The minimum atomic E-state index is -1.27. The fraction of sp³-hybridized carbons (Fsp3) is 0.357. The van der Waals surface area contributed by atoms with Gasteiger partial charge in [-0.1, -0.05) is 24.0 Å². The molecule has 0 aromatic carbocycles. The minimum absolute atomic E-state index is 0.278. The Labute approximate surface area is 147 Å². The third-order valence-corrected chi connectivity index (χ3v) is 5.96. The second-order valence-electron chi connectivity index (χ2n) is 4.62. The van der Waals surface area contributed by atoms with E-state index in [0.29, 0.717) is 17.1 Å². The van der Waals surface area contributed by atoms with E-state index in [9.17, 15) is 14.7 Å². The number of aryl methyl sites for hydroxylation is 1. The van der Waals surface area contributed by atoms with Gasteiger partial charge in [-0.15, -0.1) is 11.3 Å². The first-order valence-electron chi connectivity index (χ1n) is 6.47. The van der Waals surface area contributed by atoms with E-state index in [1.165, 1.54) is 16.7 Å². The quantitative estimate of drug-likeness (QED) is 0.563. The summed E-state index contributed by atoms with van der Waals surface area (Å²) in [6.07, 6.45) is 3.97. The van der Waals surface area contributed by atoms with Crippen LogP contribution in [0, 0.1) is 6.92 Å². The van der Waals surface area contributed by atoms with Gasteiger partial charge in [0.25, 0.3) is 5.91 Å². The highest BCUT2D eigenvalue weighted by atomic mass is 32.2. The van der Waals surface area contributed by atoms with Crippen LogP contribution in [0.5, 0.6) is 0 Å². The summed E-state index contributed by atoms with van der Waals surface area (Å²) in [5, 5.41) is 11.4. The average Bonchev–Trinajstić information content (AvgIpc) is 2.97. The van der Waals surface area contributed by atoms with Gasteiger partial charge in [0.2, 0.25) is 0 Å². The van der Waals surface area contributed by atoms with Crippen molar-refractivity contribution in [3.8, 4) is 0 Å². The number of nitrogens with zero attached hydrogens (tertiary/aromatic N) is 1. The lowest BCUT2D eigenvalue weighted by Crippen LogP contribution is -2.50. The second-order valence-corrected chi connectivity index (χ2v) is 8.60. The molecule has 0 bridgehead atoms. The van der Waals surface area contributed by atoms with Gasteiger partial charge in [0.1, 0.15) is 4.32 Å². The van der Waals surface area contributed by atoms with Crippen LogP contribution in [-0.2, 0) is 9.59 Å². The fourth-order valence-electron chi connectivity index (χ4n) is 1.99. The molecule has 1 aromatic heterocycles. The van der Waals surface area contributed by atoms with Gasteiger partial charge in [-0.05, 0) is 43.6 Å². The summed E-state index contributed by atoms with van der Waals surface area (Å²) in [4.78, 5) is 27.6. The van der Waals surface area contributed by atoms with E-state index in [-0.39, 0.29) is 10.2 Å². The van der Waals surface area contributed by atoms with E-state index in [1.54, 1.807) is 17.4 Å². The first-order valence-corrected chi connectivity index (χ1v) is 9.91. The van der Waals surface area contributed by atoms with Crippen molar-refractivity contribution >= 4 is 69.4 Å². The number of rotatable bonds is 6. The first kappa shape index (κ1) is 17.5. The number of thiocarbonyl (C=S) groups is 1. The number of carboxylic acid groups (broad SMARTS) is 1. The molecule has 1 aliphatic heterocycles. The number of carboxylic acids is 1. The van der Waals surface area contributed by atoms with E-state index in [1.807, 2.05) is 25.3 Å². The summed E-state index contributed by atoms with van der Waals surface area (Å²) in [5.41, 5.74) is 0. The molecule has 1 fully saturated rings. The maximum Gasteiger partial charge on any atom is 0.266 e. The summed E-state index contributed by atoms with van der Waals surface area (Å²) in [6.45, 7) is 1.99. The van der Waals surface area contributed by atoms with Gasteiger partial charge in [0.15, 0.2) is 0 Å². The molecule has 118 valence electrons. The van der Waals surface area contributed by atoms with E-state index in [0.717, 1.165) is 21.5 Å². The third kappa shape index (κ3) is 3.92. The van der Waals surface area contributed by atoms with Crippen molar-refractivity contribution < 1.29 is 14.7 Å². The number of amides is 1. The Kier molecular flexibility index (Phi) is 6.08. The molecule has 0 radical (unpaired) electrons. The number of aliphatic carboxylic acids is 1. The minimum Gasteiger partial charge on any atom is -0.548 e. The van der Waals surface area contributed by atoms with Gasteiger partial charge in [0.05, 0.1) is 16.9 Å². The molecule has 8 heteroatoms. The number of thioether (sulfide) groups is 2. The standard InChI is InChI=1S/C14H15NO3S4/c1-8-3-4-9(21-8)7-11-12(16)15(14(19)22-11)10(13(17)18)5-6-20-2/h3-4,7,10H,5-6H2,1-2H3,(H,17,18)/p-1/b11-7+/t10-/m0/s1. The molecule has 4 nitrogen and oxygen atoms in total. The predicted molar refractivity (Wildman–Crippen MR) is 95.9 cm³/mol. The number of thiophene rings is 1. The van der Waals surface area contributed by atoms with Crippen molar-refractivity contribution in [3.05, 3.63) is 26.8 Å². The number of carbonyl (C=O) groups is 2. The SMILES string of the molecule is CSCC[C@@H](C(=O)[O-])N1C(=O)/C(=C\c2ccc(C)s2)SC1=S. The van der Waals surface area contributed by atoms with Crippen molar-refractivity contribution in [2.75, 3.05) is 12.0 Å². The van der Waals surface area contributed by atoms with Gasteiger partial charge >= 0.3 is 0 Å². The largest absolute Gasteiger partial charge is 0.548 e. The smallest absolute Gasteiger partial charge is 0.266 e. The third-order valence-electron chi connectivity index (χ3n) is 3.04. The van der Waals surface area contributed by atoms with Crippen molar-refractivity contribution in [1.29, 1.82) is 0 Å². The zero-order valence-electron chi connectivity index (χ0n) is 12.0. The average molecular weight is 373 g/mol. The van der Waals surface area contributed by atoms with E-state index in [4.69, 9.17) is 12.2 Å². The number of hydrogen-bond donors (Lipinski definition) is 0. The Morgan fingerprint density at radius 1 is 1.55 bits per heavy atom. The molecule has 1 aliphatic rings. The zero-order valence-corrected chi connectivity index (χ0v) is 15.3. The van der Waals surface area contributed by atoms with E-state index >= 15 is 0 Å². The van der Waals surface area contributed by atoms with Crippen molar-refractivity contribution in [3.63, 3.8) is 0 Å². The lowest BCUT2D eigenvalue weighted by Gasteiger charge is -2.27. The topological polar surface area (TPSA) is 60.4 Å². The van der Waals surface area contributed by atoms with Crippen LogP contribution >= 0.6 is 47.1 Å². The normalized spacial score (nSPS) is 18.3. The molecule has 0 N–H and O–H groups in total. The summed E-state index contributed by atoms with van der Waals surface area (Å²) in [7, 11) is 0. The van der Waals surface area contributed by atoms with Crippen LogP contribution in [0.15, 0.2) is 17.0 Å². The summed E-state index contributed by atoms with van der Waals surface area (Å²) >= 11 is 9.43. The summed E-state index contributed by atoms with van der Waals surface area (Å²) in [5.74, 6) is -0.992. The van der Waals surface area contributed by atoms with Gasteiger partial charge in [-0.25, -0.2) is 0 Å².